The van der Waals surface area contributed by atoms with E-state index in [1.807, 2.05) is 24.8 Å². The molecule has 2 rings (SSSR count). The normalized spacial score (nSPS) is 16.7. The van der Waals surface area contributed by atoms with Crippen molar-refractivity contribution in [2.24, 2.45) is 0 Å². The molecule has 3 heteroatoms. The highest BCUT2D eigenvalue weighted by atomic mass is 32.2. The van der Waals surface area contributed by atoms with Gasteiger partial charge in [0.15, 0.2) is 0 Å². The molecule has 0 aliphatic carbocycles. The lowest BCUT2D eigenvalue weighted by Crippen LogP contribution is -2.32. The molecule has 1 saturated heterocycles. The van der Waals surface area contributed by atoms with Gasteiger partial charge in [-0.25, -0.2) is 0 Å². The van der Waals surface area contributed by atoms with Crippen LogP contribution in [0.5, 0.6) is 0 Å². The molecule has 1 fully saturated rings. The second-order valence-corrected chi connectivity index (χ2v) is 5.35. The van der Waals surface area contributed by atoms with Crippen molar-refractivity contribution in [1.29, 1.82) is 5.26 Å². The van der Waals surface area contributed by atoms with Crippen LogP contribution in [-0.4, -0.2) is 24.6 Å². The summed E-state index contributed by atoms with van der Waals surface area (Å²) < 4.78 is 0. The lowest BCUT2D eigenvalue weighted by Gasteiger charge is -2.28. The predicted octanol–water partition coefficient (Wildman–Crippen LogP) is 3.17. The summed E-state index contributed by atoms with van der Waals surface area (Å²) >= 11 is 2.02. The van der Waals surface area contributed by atoms with Crippen LogP contribution in [0.2, 0.25) is 0 Å². The second kappa shape index (κ2) is 5.79. The SMILES string of the molecule is C/C(C#N)=C/c1ccc(N2CCSCC2)cc1. The van der Waals surface area contributed by atoms with Crippen molar-refractivity contribution in [2.45, 2.75) is 6.92 Å². The second-order valence-electron chi connectivity index (χ2n) is 4.13. The van der Waals surface area contributed by atoms with Crippen molar-refractivity contribution in [3.8, 4) is 6.07 Å². The van der Waals surface area contributed by atoms with Crippen LogP contribution in [0, 0.1) is 11.3 Å². The van der Waals surface area contributed by atoms with Crippen molar-refractivity contribution in [1.82, 2.24) is 0 Å². The Morgan fingerprint density at radius 3 is 2.53 bits per heavy atom. The molecule has 0 bridgehead atoms. The highest BCUT2D eigenvalue weighted by molar-refractivity contribution is 7.99. The van der Waals surface area contributed by atoms with E-state index in [1.54, 1.807) is 0 Å². The van der Waals surface area contributed by atoms with Crippen LogP contribution in [0.1, 0.15) is 12.5 Å². The number of benzene rings is 1. The molecule has 0 atom stereocenters. The molecule has 0 radical (unpaired) electrons. The maximum absolute atomic E-state index is 8.73. The molecule has 88 valence electrons. The third-order valence-electron chi connectivity index (χ3n) is 2.83. The molecular formula is C14H16N2S. The summed E-state index contributed by atoms with van der Waals surface area (Å²) in [5.41, 5.74) is 3.13. The van der Waals surface area contributed by atoms with Crippen molar-refractivity contribution in [3.63, 3.8) is 0 Å². The largest absolute Gasteiger partial charge is 0.370 e. The van der Waals surface area contributed by atoms with Crippen molar-refractivity contribution >= 4 is 23.5 Å². The van der Waals surface area contributed by atoms with Gasteiger partial charge in [-0.1, -0.05) is 12.1 Å². The van der Waals surface area contributed by atoms with E-state index in [9.17, 15) is 0 Å². The van der Waals surface area contributed by atoms with Gasteiger partial charge in [0.05, 0.1) is 6.07 Å². The van der Waals surface area contributed by atoms with E-state index in [0.29, 0.717) is 0 Å². The number of allylic oxidation sites excluding steroid dienone is 1. The summed E-state index contributed by atoms with van der Waals surface area (Å²) in [4.78, 5) is 2.42. The smallest absolute Gasteiger partial charge is 0.0944 e. The quantitative estimate of drug-likeness (QED) is 0.748. The molecule has 0 amide bonds. The molecule has 17 heavy (non-hydrogen) atoms. The van der Waals surface area contributed by atoms with E-state index in [-0.39, 0.29) is 0 Å². The predicted molar refractivity (Wildman–Crippen MR) is 75.2 cm³/mol. The number of hydrogen-bond donors (Lipinski definition) is 0. The molecule has 2 nitrogen and oxygen atoms in total. The highest BCUT2D eigenvalue weighted by Gasteiger charge is 2.10. The third-order valence-corrected chi connectivity index (χ3v) is 3.77. The zero-order chi connectivity index (χ0) is 12.1. The minimum absolute atomic E-state index is 0.743. The zero-order valence-electron chi connectivity index (χ0n) is 10.0. The fourth-order valence-electron chi connectivity index (χ4n) is 1.89. The zero-order valence-corrected chi connectivity index (χ0v) is 10.8. The molecule has 0 saturated carbocycles. The van der Waals surface area contributed by atoms with Crippen molar-refractivity contribution in [3.05, 3.63) is 35.4 Å². The number of thioether (sulfide) groups is 1. The molecule has 1 aromatic rings. The van der Waals surface area contributed by atoms with Crippen LogP contribution >= 0.6 is 11.8 Å². The Labute approximate surface area is 107 Å². The minimum atomic E-state index is 0.743. The maximum atomic E-state index is 8.73. The van der Waals surface area contributed by atoms with E-state index in [4.69, 9.17) is 5.26 Å². The van der Waals surface area contributed by atoms with E-state index in [2.05, 4.69) is 35.2 Å². The van der Waals surface area contributed by atoms with Gasteiger partial charge in [-0.3, -0.25) is 0 Å². The Balaban J connectivity index is 2.10. The first-order chi connectivity index (χ1) is 8.29. The first-order valence-corrected chi connectivity index (χ1v) is 6.96. The summed E-state index contributed by atoms with van der Waals surface area (Å²) in [6.07, 6.45) is 1.91. The van der Waals surface area contributed by atoms with Gasteiger partial charge in [-0.15, -0.1) is 0 Å². The van der Waals surface area contributed by atoms with Crippen molar-refractivity contribution < 1.29 is 0 Å². The Morgan fingerprint density at radius 1 is 1.29 bits per heavy atom. The van der Waals surface area contributed by atoms with Gasteiger partial charge < -0.3 is 4.90 Å². The lowest BCUT2D eigenvalue weighted by atomic mass is 10.1. The summed E-state index contributed by atoms with van der Waals surface area (Å²) in [6, 6.07) is 10.6. The van der Waals surface area contributed by atoms with E-state index in [1.165, 1.54) is 17.2 Å². The Hall–Kier alpha value is -1.40. The number of nitriles is 1. The van der Waals surface area contributed by atoms with Crippen LogP contribution < -0.4 is 4.90 Å². The molecule has 1 aromatic carbocycles. The fraction of sp³-hybridized carbons (Fsp3) is 0.357. The minimum Gasteiger partial charge on any atom is -0.370 e. The Bertz CT molecular complexity index is 436. The standard InChI is InChI=1S/C14H16N2S/c1-12(11-15)10-13-2-4-14(5-3-13)16-6-8-17-9-7-16/h2-5,10H,6-9H2,1H3/b12-10-. The first kappa shape index (κ1) is 12.1. The van der Waals surface area contributed by atoms with Gasteiger partial charge in [0.2, 0.25) is 0 Å². The lowest BCUT2D eigenvalue weighted by molar-refractivity contribution is 0.859. The topological polar surface area (TPSA) is 27.0 Å². The molecule has 0 unspecified atom stereocenters. The number of hydrogen-bond acceptors (Lipinski definition) is 3. The monoisotopic (exact) mass is 244 g/mol. The van der Waals surface area contributed by atoms with Gasteiger partial charge in [-0.05, 0) is 30.7 Å². The summed E-state index contributed by atoms with van der Waals surface area (Å²) in [6.45, 7) is 4.10. The number of nitrogens with zero attached hydrogens (tertiary/aromatic N) is 2. The summed E-state index contributed by atoms with van der Waals surface area (Å²) in [5, 5.41) is 8.73. The molecule has 1 aliphatic rings. The first-order valence-electron chi connectivity index (χ1n) is 5.81. The van der Waals surface area contributed by atoms with Crippen LogP contribution in [0.4, 0.5) is 5.69 Å². The highest BCUT2D eigenvalue weighted by Crippen LogP contribution is 2.20. The van der Waals surface area contributed by atoms with E-state index < -0.39 is 0 Å². The summed E-state index contributed by atoms with van der Waals surface area (Å²) in [5.74, 6) is 2.43. The maximum Gasteiger partial charge on any atom is 0.0944 e. The fourth-order valence-corrected chi connectivity index (χ4v) is 2.79. The van der Waals surface area contributed by atoms with Gasteiger partial charge >= 0.3 is 0 Å². The summed E-state index contributed by atoms with van der Waals surface area (Å²) in [7, 11) is 0. The average Bonchev–Trinajstić information content (AvgIpc) is 2.40. The van der Waals surface area contributed by atoms with Crippen LogP contribution in [0.25, 0.3) is 6.08 Å². The van der Waals surface area contributed by atoms with E-state index >= 15 is 0 Å². The van der Waals surface area contributed by atoms with Gasteiger partial charge in [0, 0.05) is 35.9 Å². The van der Waals surface area contributed by atoms with Gasteiger partial charge in [0.25, 0.3) is 0 Å². The Morgan fingerprint density at radius 2 is 1.94 bits per heavy atom. The van der Waals surface area contributed by atoms with Crippen LogP contribution in [0.3, 0.4) is 0 Å². The third kappa shape index (κ3) is 3.28. The molecule has 0 N–H and O–H groups in total. The average molecular weight is 244 g/mol. The Kier molecular flexibility index (Phi) is 4.11. The van der Waals surface area contributed by atoms with E-state index in [0.717, 1.165) is 24.2 Å². The van der Waals surface area contributed by atoms with Crippen LogP contribution in [0.15, 0.2) is 29.8 Å². The molecule has 0 spiro atoms. The number of anilines is 1. The van der Waals surface area contributed by atoms with Crippen molar-refractivity contribution in [2.75, 3.05) is 29.5 Å². The molecule has 1 heterocycles. The number of rotatable bonds is 2. The molecule has 1 aliphatic heterocycles. The van der Waals surface area contributed by atoms with Gasteiger partial charge in [0.1, 0.15) is 0 Å². The molecule has 0 aromatic heterocycles. The molecular weight excluding hydrogens is 228 g/mol. The van der Waals surface area contributed by atoms with Gasteiger partial charge in [-0.2, -0.15) is 17.0 Å². The van der Waals surface area contributed by atoms with Crippen LogP contribution in [-0.2, 0) is 0 Å².